The van der Waals surface area contributed by atoms with Crippen LogP contribution in [0.1, 0.15) is 39.5 Å². The molecule has 6 heteroatoms. The zero-order valence-corrected chi connectivity index (χ0v) is 14.0. The molecule has 1 aliphatic heterocycles. The lowest BCUT2D eigenvalue weighted by Crippen LogP contribution is -2.34. The number of hydrogen-bond acceptors (Lipinski definition) is 4. The first kappa shape index (κ1) is 20.6. The number of aliphatic hydroxyl groups is 2. The van der Waals surface area contributed by atoms with Crippen LogP contribution in [0.25, 0.3) is 0 Å². The molecular weight excluding hydrogens is 282 g/mol. The summed E-state index contributed by atoms with van der Waals surface area (Å²) in [6.45, 7) is 6.00. The van der Waals surface area contributed by atoms with E-state index in [1.54, 1.807) is 0 Å². The zero-order valence-electron chi connectivity index (χ0n) is 14.0. The zero-order chi connectivity index (χ0) is 17.0. The molecule has 128 valence electrons. The molecule has 0 aromatic rings. The van der Waals surface area contributed by atoms with Crippen molar-refractivity contribution >= 4 is 6.03 Å². The summed E-state index contributed by atoms with van der Waals surface area (Å²) in [4.78, 5) is 12.8. The fraction of sp³-hybridized carbons (Fsp3) is 0.688. The molecule has 1 saturated heterocycles. The van der Waals surface area contributed by atoms with E-state index in [1.807, 2.05) is 32.1 Å². The Hall–Kier alpha value is -1.37. The second kappa shape index (κ2) is 12.2. The van der Waals surface area contributed by atoms with Gasteiger partial charge < -0.3 is 21.3 Å². The molecule has 0 aromatic heterocycles. The van der Waals surface area contributed by atoms with Gasteiger partial charge in [0.25, 0.3) is 0 Å². The van der Waals surface area contributed by atoms with Gasteiger partial charge in [0, 0.05) is 25.9 Å². The van der Waals surface area contributed by atoms with Gasteiger partial charge in [0.1, 0.15) is 6.23 Å². The van der Waals surface area contributed by atoms with E-state index in [1.165, 1.54) is 12.8 Å². The average Bonchev–Trinajstić information content (AvgIpc) is 3.07. The summed E-state index contributed by atoms with van der Waals surface area (Å²) in [5, 5.41) is 19.6. The Bertz CT molecular complexity index is 364. The van der Waals surface area contributed by atoms with E-state index in [4.69, 9.17) is 10.8 Å². The van der Waals surface area contributed by atoms with E-state index in [2.05, 4.69) is 10.2 Å². The summed E-state index contributed by atoms with van der Waals surface area (Å²) >= 11 is 0. The van der Waals surface area contributed by atoms with Gasteiger partial charge in [-0.3, -0.25) is 4.90 Å². The number of urea groups is 1. The van der Waals surface area contributed by atoms with E-state index in [9.17, 15) is 9.90 Å². The van der Waals surface area contributed by atoms with Crippen molar-refractivity contribution in [3.05, 3.63) is 23.9 Å². The highest BCUT2D eigenvalue weighted by molar-refractivity contribution is 5.74. The van der Waals surface area contributed by atoms with Crippen LogP contribution in [0.5, 0.6) is 0 Å². The third kappa shape index (κ3) is 7.59. The third-order valence-corrected chi connectivity index (χ3v) is 3.53. The van der Waals surface area contributed by atoms with Crippen molar-refractivity contribution in [1.29, 1.82) is 0 Å². The Labute approximate surface area is 133 Å². The maximum absolute atomic E-state index is 10.7. The van der Waals surface area contributed by atoms with Crippen LogP contribution in [-0.4, -0.2) is 47.6 Å². The number of nitrogens with two attached hydrogens (primary N) is 1. The van der Waals surface area contributed by atoms with Crippen LogP contribution in [0.4, 0.5) is 4.79 Å². The van der Waals surface area contributed by atoms with Crippen LogP contribution in [0.2, 0.25) is 0 Å². The van der Waals surface area contributed by atoms with Gasteiger partial charge in [-0.05, 0) is 37.7 Å². The van der Waals surface area contributed by atoms with Gasteiger partial charge in [-0.15, -0.1) is 0 Å². The van der Waals surface area contributed by atoms with Gasteiger partial charge in [-0.25, -0.2) is 4.79 Å². The molecule has 2 atom stereocenters. The highest BCUT2D eigenvalue weighted by Gasteiger charge is 2.22. The average molecular weight is 313 g/mol. The van der Waals surface area contributed by atoms with E-state index in [-0.39, 0.29) is 6.23 Å². The smallest absolute Gasteiger partial charge is 0.316 e. The Kier molecular flexibility index (Phi) is 11.4. The molecule has 6 nitrogen and oxygen atoms in total. The van der Waals surface area contributed by atoms with Crippen LogP contribution >= 0.6 is 0 Å². The molecule has 1 aliphatic carbocycles. The van der Waals surface area contributed by atoms with Gasteiger partial charge in [0.2, 0.25) is 0 Å². The highest BCUT2D eigenvalue weighted by Crippen LogP contribution is 2.22. The molecule has 1 fully saturated rings. The van der Waals surface area contributed by atoms with Crippen LogP contribution in [0.15, 0.2) is 23.9 Å². The van der Waals surface area contributed by atoms with Crippen LogP contribution in [0.3, 0.4) is 0 Å². The largest absolute Gasteiger partial charge is 0.400 e. The van der Waals surface area contributed by atoms with E-state index in [0.29, 0.717) is 5.92 Å². The molecule has 1 heterocycles. The Morgan fingerprint density at radius 3 is 2.45 bits per heavy atom. The van der Waals surface area contributed by atoms with Crippen molar-refractivity contribution in [3.8, 4) is 0 Å². The Morgan fingerprint density at radius 1 is 1.41 bits per heavy atom. The molecule has 22 heavy (non-hydrogen) atoms. The molecule has 0 bridgehead atoms. The molecule has 0 spiro atoms. The summed E-state index contributed by atoms with van der Waals surface area (Å²) in [5.74, 6) is 0.332. The number of nitrogens with zero attached hydrogens (tertiary/aromatic N) is 1. The number of nitrogens with one attached hydrogen (secondary N) is 1. The first-order chi connectivity index (χ1) is 10.6. The predicted molar refractivity (Wildman–Crippen MR) is 89.0 cm³/mol. The molecule has 0 saturated carbocycles. The van der Waals surface area contributed by atoms with Crippen LogP contribution < -0.4 is 11.1 Å². The first-order valence-electron chi connectivity index (χ1n) is 7.97. The second-order valence-corrected chi connectivity index (χ2v) is 4.96. The predicted octanol–water partition coefficient (Wildman–Crippen LogP) is 1.55. The van der Waals surface area contributed by atoms with Gasteiger partial charge in [0.05, 0.1) is 0 Å². The molecular formula is C16H31N3O3. The van der Waals surface area contributed by atoms with Crippen molar-refractivity contribution in [2.75, 3.05) is 20.2 Å². The minimum Gasteiger partial charge on any atom is -0.400 e. The van der Waals surface area contributed by atoms with E-state index in [0.717, 1.165) is 38.7 Å². The minimum atomic E-state index is -0.540. The number of carbonyl (C=O) groups is 1. The molecule has 0 radical (unpaired) electrons. The number of aliphatic hydroxyl groups excluding tert-OH is 2. The number of allylic oxidation sites excluding steroid dienone is 3. The third-order valence-electron chi connectivity index (χ3n) is 3.53. The number of carbonyl (C=O) groups excluding carboxylic acids is 1. The van der Waals surface area contributed by atoms with Crippen LogP contribution in [-0.2, 0) is 0 Å². The SMILES string of the molecule is CC.CO.NC(=O)NC1=CC[C@@H](CC(O)N2CCCC2)C=C1. The highest BCUT2D eigenvalue weighted by atomic mass is 16.3. The van der Waals surface area contributed by atoms with Crippen molar-refractivity contribution in [2.24, 2.45) is 11.7 Å². The summed E-state index contributed by atoms with van der Waals surface area (Å²) in [7, 11) is 1.00. The summed E-state index contributed by atoms with van der Waals surface area (Å²) in [6, 6.07) is -0.540. The van der Waals surface area contributed by atoms with E-state index >= 15 is 0 Å². The van der Waals surface area contributed by atoms with Crippen LogP contribution in [0, 0.1) is 5.92 Å². The number of hydrogen-bond donors (Lipinski definition) is 4. The Balaban J connectivity index is 0.00000102. The van der Waals surface area contributed by atoms with Gasteiger partial charge in [-0.1, -0.05) is 26.0 Å². The second-order valence-electron chi connectivity index (χ2n) is 4.96. The molecule has 2 rings (SSSR count). The van der Waals surface area contributed by atoms with Crippen molar-refractivity contribution in [2.45, 2.75) is 45.8 Å². The normalized spacial score (nSPS) is 21.7. The number of amides is 2. The maximum Gasteiger partial charge on any atom is 0.316 e. The topological polar surface area (TPSA) is 98.8 Å². The fourth-order valence-corrected chi connectivity index (χ4v) is 2.53. The van der Waals surface area contributed by atoms with Gasteiger partial charge in [-0.2, -0.15) is 0 Å². The van der Waals surface area contributed by atoms with Crippen molar-refractivity contribution < 1.29 is 15.0 Å². The van der Waals surface area contributed by atoms with E-state index < -0.39 is 6.03 Å². The molecule has 2 aliphatic rings. The number of rotatable bonds is 4. The Morgan fingerprint density at radius 2 is 2.00 bits per heavy atom. The summed E-state index contributed by atoms with van der Waals surface area (Å²) in [5.41, 5.74) is 5.79. The molecule has 1 unspecified atom stereocenters. The number of primary amides is 1. The lowest BCUT2D eigenvalue weighted by molar-refractivity contribution is 0.00592. The molecule has 2 amide bonds. The number of likely N-dealkylation sites (tertiary alicyclic amines) is 1. The molecule has 5 N–H and O–H groups in total. The maximum atomic E-state index is 10.7. The molecule has 0 aromatic carbocycles. The summed E-state index contributed by atoms with van der Waals surface area (Å²) < 4.78 is 0. The lowest BCUT2D eigenvalue weighted by atomic mass is 9.95. The van der Waals surface area contributed by atoms with Gasteiger partial charge in [0.15, 0.2) is 0 Å². The first-order valence-corrected chi connectivity index (χ1v) is 7.97. The lowest BCUT2D eigenvalue weighted by Gasteiger charge is -2.26. The minimum absolute atomic E-state index is 0.332. The standard InChI is InChI=1S/C13H21N3O2.C2H6.CH4O/c14-13(18)15-11-5-3-10(4-6-11)9-12(17)16-7-1-2-8-16;2*1-2/h3,5-6,10,12,17H,1-2,4,7-9H2,(H3,14,15,18);1-2H3;2H,1H3/t10-,12?;;/m0../s1. The summed E-state index contributed by atoms with van der Waals surface area (Å²) in [6.07, 6.45) is 9.44. The van der Waals surface area contributed by atoms with Gasteiger partial charge >= 0.3 is 6.03 Å². The van der Waals surface area contributed by atoms with Crippen molar-refractivity contribution in [3.63, 3.8) is 0 Å². The fourth-order valence-electron chi connectivity index (χ4n) is 2.53. The quantitative estimate of drug-likeness (QED) is 0.633. The monoisotopic (exact) mass is 313 g/mol. The van der Waals surface area contributed by atoms with Crippen molar-refractivity contribution in [1.82, 2.24) is 10.2 Å².